The van der Waals surface area contributed by atoms with Gasteiger partial charge in [0.25, 0.3) is 5.91 Å². The lowest BCUT2D eigenvalue weighted by Crippen LogP contribution is -2.14. The molecule has 5 heteroatoms. The highest BCUT2D eigenvalue weighted by molar-refractivity contribution is 6.34. The van der Waals surface area contributed by atoms with Crippen molar-refractivity contribution in [2.45, 2.75) is 13.0 Å². The number of aliphatic hydroxyl groups excluding tert-OH is 1. The molecular formula is C15H13ClFNO2. The Hall–Kier alpha value is -1.91. The molecule has 2 rings (SSSR count). The summed E-state index contributed by atoms with van der Waals surface area (Å²) in [6, 6.07) is 10.5. The molecule has 1 unspecified atom stereocenters. The minimum Gasteiger partial charge on any atom is -0.389 e. The number of halogens is 2. The van der Waals surface area contributed by atoms with Gasteiger partial charge in [-0.3, -0.25) is 4.79 Å². The first-order valence-electron chi connectivity index (χ1n) is 6.02. The van der Waals surface area contributed by atoms with Gasteiger partial charge in [-0.2, -0.15) is 0 Å². The Morgan fingerprint density at radius 1 is 1.30 bits per heavy atom. The van der Waals surface area contributed by atoms with Gasteiger partial charge < -0.3 is 10.4 Å². The maximum Gasteiger partial charge on any atom is 0.257 e. The van der Waals surface area contributed by atoms with Gasteiger partial charge in [-0.25, -0.2) is 4.39 Å². The van der Waals surface area contributed by atoms with Crippen molar-refractivity contribution < 1.29 is 14.3 Å². The van der Waals surface area contributed by atoms with E-state index in [9.17, 15) is 14.3 Å². The van der Waals surface area contributed by atoms with Gasteiger partial charge in [0.15, 0.2) is 0 Å². The predicted octanol–water partition coefficient (Wildman–Crippen LogP) is 3.78. The largest absolute Gasteiger partial charge is 0.389 e. The Morgan fingerprint density at radius 2 is 2.00 bits per heavy atom. The quantitative estimate of drug-likeness (QED) is 0.904. The predicted molar refractivity (Wildman–Crippen MR) is 76.4 cm³/mol. The minimum atomic E-state index is -0.713. The monoisotopic (exact) mass is 293 g/mol. The van der Waals surface area contributed by atoms with E-state index < -0.39 is 17.8 Å². The van der Waals surface area contributed by atoms with E-state index in [0.29, 0.717) is 11.3 Å². The van der Waals surface area contributed by atoms with Crippen LogP contribution in [0.15, 0.2) is 42.5 Å². The van der Waals surface area contributed by atoms with Gasteiger partial charge in [0, 0.05) is 11.3 Å². The van der Waals surface area contributed by atoms with Crippen molar-refractivity contribution in [1.29, 1.82) is 0 Å². The zero-order valence-electron chi connectivity index (χ0n) is 10.7. The molecule has 0 saturated carbocycles. The molecule has 0 bridgehead atoms. The van der Waals surface area contributed by atoms with Crippen LogP contribution in [0.2, 0.25) is 5.02 Å². The Bertz CT molecular complexity index is 644. The number of amides is 1. The number of hydrogen-bond acceptors (Lipinski definition) is 2. The van der Waals surface area contributed by atoms with E-state index in [1.807, 2.05) is 0 Å². The summed E-state index contributed by atoms with van der Waals surface area (Å²) in [7, 11) is 0. The lowest BCUT2D eigenvalue weighted by molar-refractivity contribution is 0.102. The molecule has 1 amide bonds. The smallest absolute Gasteiger partial charge is 0.257 e. The summed E-state index contributed by atoms with van der Waals surface area (Å²) in [5.41, 5.74) is 1.26. The molecule has 2 N–H and O–H groups in total. The first kappa shape index (κ1) is 14.5. The molecular weight excluding hydrogens is 281 g/mol. The van der Waals surface area contributed by atoms with Crippen molar-refractivity contribution in [2.24, 2.45) is 0 Å². The second kappa shape index (κ2) is 6.03. The van der Waals surface area contributed by atoms with Crippen LogP contribution in [0.3, 0.4) is 0 Å². The average molecular weight is 294 g/mol. The molecule has 0 spiro atoms. The highest BCUT2D eigenvalue weighted by Crippen LogP contribution is 2.24. The van der Waals surface area contributed by atoms with Crippen molar-refractivity contribution in [3.63, 3.8) is 0 Å². The van der Waals surface area contributed by atoms with E-state index in [1.54, 1.807) is 31.2 Å². The lowest BCUT2D eigenvalue weighted by Gasteiger charge is -2.13. The zero-order valence-corrected chi connectivity index (χ0v) is 11.5. The molecule has 0 aliphatic carbocycles. The topological polar surface area (TPSA) is 49.3 Å². The number of aliphatic hydroxyl groups is 1. The van der Waals surface area contributed by atoms with Crippen LogP contribution < -0.4 is 5.32 Å². The molecule has 0 heterocycles. The van der Waals surface area contributed by atoms with Gasteiger partial charge in [0.1, 0.15) is 5.82 Å². The Labute approximate surface area is 121 Å². The number of para-hydroxylation sites is 1. The molecule has 0 radical (unpaired) electrons. The third-order valence-corrected chi connectivity index (χ3v) is 3.15. The molecule has 0 aliphatic rings. The highest BCUT2D eigenvalue weighted by atomic mass is 35.5. The second-order valence-corrected chi connectivity index (χ2v) is 4.75. The molecule has 3 nitrogen and oxygen atoms in total. The summed E-state index contributed by atoms with van der Waals surface area (Å²) in [5, 5.41) is 12.4. The van der Waals surface area contributed by atoms with E-state index in [2.05, 4.69) is 5.32 Å². The average Bonchev–Trinajstić information content (AvgIpc) is 2.38. The summed E-state index contributed by atoms with van der Waals surface area (Å²) in [5.74, 6) is -0.959. The minimum absolute atomic E-state index is 0.0389. The fourth-order valence-corrected chi connectivity index (χ4v) is 2.09. The lowest BCUT2D eigenvalue weighted by atomic mass is 10.1. The molecule has 104 valence electrons. The SMILES string of the molecule is CC(O)c1ccccc1NC(=O)c1ccc(F)cc1Cl. The molecule has 2 aromatic carbocycles. The van der Waals surface area contributed by atoms with Crippen LogP contribution in [-0.2, 0) is 0 Å². The fraction of sp³-hybridized carbons (Fsp3) is 0.133. The van der Waals surface area contributed by atoms with E-state index in [0.717, 1.165) is 6.07 Å². The van der Waals surface area contributed by atoms with E-state index in [-0.39, 0.29) is 10.6 Å². The van der Waals surface area contributed by atoms with Gasteiger partial charge >= 0.3 is 0 Å². The molecule has 0 fully saturated rings. The summed E-state index contributed by atoms with van der Waals surface area (Å²) in [4.78, 5) is 12.1. The van der Waals surface area contributed by atoms with Crippen LogP contribution in [0.25, 0.3) is 0 Å². The van der Waals surface area contributed by atoms with E-state index in [4.69, 9.17) is 11.6 Å². The third-order valence-electron chi connectivity index (χ3n) is 2.83. The van der Waals surface area contributed by atoms with Crippen LogP contribution in [-0.4, -0.2) is 11.0 Å². The standard InChI is InChI=1S/C15H13ClFNO2/c1-9(19)11-4-2-3-5-14(11)18-15(20)12-7-6-10(17)8-13(12)16/h2-9,19H,1H3,(H,18,20). The van der Waals surface area contributed by atoms with Crippen molar-refractivity contribution in [3.05, 3.63) is 64.4 Å². The highest BCUT2D eigenvalue weighted by Gasteiger charge is 2.14. The van der Waals surface area contributed by atoms with Crippen LogP contribution in [0.4, 0.5) is 10.1 Å². The van der Waals surface area contributed by atoms with Crippen molar-refractivity contribution in [1.82, 2.24) is 0 Å². The Kier molecular flexibility index (Phi) is 4.37. The summed E-state index contributed by atoms with van der Waals surface area (Å²) < 4.78 is 13.0. The maximum atomic E-state index is 13.0. The van der Waals surface area contributed by atoms with Crippen molar-refractivity contribution >= 4 is 23.2 Å². The third kappa shape index (κ3) is 3.15. The van der Waals surface area contributed by atoms with Crippen molar-refractivity contribution in [2.75, 3.05) is 5.32 Å². The normalized spacial score (nSPS) is 12.0. The molecule has 20 heavy (non-hydrogen) atoms. The van der Waals surface area contributed by atoms with E-state index in [1.165, 1.54) is 12.1 Å². The zero-order chi connectivity index (χ0) is 14.7. The van der Waals surface area contributed by atoms with Crippen LogP contribution >= 0.6 is 11.6 Å². The molecule has 0 aromatic heterocycles. The first-order valence-corrected chi connectivity index (χ1v) is 6.40. The summed E-state index contributed by atoms with van der Waals surface area (Å²) >= 11 is 5.84. The second-order valence-electron chi connectivity index (χ2n) is 4.34. The summed E-state index contributed by atoms with van der Waals surface area (Å²) in [6.45, 7) is 1.61. The van der Waals surface area contributed by atoms with Gasteiger partial charge in [-0.15, -0.1) is 0 Å². The number of benzene rings is 2. The van der Waals surface area contributed by atoms with Crippen LogP contribution in [0.5, 0.6) is 0 Å². The van der Waals surface area contributed by atoms with E-state index >= 15 is 0 Å². The number of anilines is 1. The van der Waals surface area contributed by atoms with Crippen molar-refractivity contribution in [3.8, 4) is 0 Å². The molecule has 0 saturated heterocycles. The molecule has 0 aliphatic heterocycles. The summed E-state index contributed by atoms with van der Waals surface area (Å²) in [6.07, 6.45) is -0.713. The Balaban J connectivity index is 2.28. The van der Waals surface area contributed by atoms with Crippen LogP contribution in [0.1, 0.15) is 28.9 Å². The van der Waals surface area contributed by atoms with Gasteiger partial charge in [-0.05, 0) is 31.2 Å². The molecule has 2 aromatic rings. The number of carbonyl (C=O) groups is 1. The number of rotatable bonds is 3. The van der Waals surface area contributed by atoms with Gasteiger partial charge in [0.2, 0.25) is 0 Å². The number of nitrogens with one attached hydrogen (secondary N) is 1. The van der Waals surface area contributed by atoms with Gasteiger partial charge in [-0.1, -0.05) is 29.8 Å². The fourth-order valence-electron chi connectivity index (χ4n) is 1.84. The number of hydrogen-bond donors (Lipinski definition) is 2. The first-order chi connectivity index (χ1) is 9.49. The maximum absolute atomic E-state index is 13.0. The molecule has 1 atom stereocenters. The van der Waals surface area contributed by atoms with Crippen LogP contribution in [0, 0.1) is 5.82 Å². The number of carbonyl (C=O) groups excluding carboxylic acids is 1. The Morgan fingerprint density at radius 3 is 2.65 bits per heavy atom. The van der Waals surface area contributed by atoms with Gasteiger partial charge in [0.05, 0.1) is 16.7 Å².